The Morgan fingerprint density at radius 3 is 2.42 bits per heavy atom. The lowest BCUT2D eigenvalue weighted by Crippen LogP contribution is -2.29. The molecule has 0 aromatic heterocycles. The molecule has 2 N–H and O–H groups in total. The third-order valence-corrected chi connectivity index (χ3v) is 7.20. The predicted octanol–water partition coefficient (Wildman–Crippen LogP) is 7.04. The third kappa shape index (κ3) is 6.86. The molecule has 3 aromatic carbocycles. The van der Waals surface area contributed by atoms with E-state index >= 15 is 0 Å². The highest BCUT2D eigenvalue weighted by Crippen LogP contribution is 2.35. The molecule has 1 heterocycles. The quantitative estimate of drug-likeness (QED) is 0.288. The molecule has 1 amide bonds. The van der Waals surface area contributed by atoms with Crippen LogP contribution in [0.3, 0.4) is 0 Å². The molecule has 0 spiro atoms. The Hall–Kier alpha value is -2.90. The molecular weight excluding hydrogens is 542 g/mol. The number of halogens is 2. The lowest BCUT2D eigenvalue weighted by atomic mass is 10.1. The minimum absolute atomic E-state index is 0.129. The number of carbonyl (C=O) groups is 1. The topological polar surface area (TPSA) is 62.8 Å². The standard InChI is InChI=1S/C28H31BrClN3O3/c1-19-6-8-21(9-7-19)32-28(34)18-36-27-16-23(29)20(14-26(27)35-2)17-31-22-10-11-25(24(30)15-22)33-12-4-3-5-13-33/h6-11,14-16,31H,3-5,12-13,17-18H2,1-2H3,(H,32,34). The summed E-state index contributed by atoms with van der Waals surface area (Å²) >= 11 is 10.2. The van der Waals surface area contributed by atoms with E-state index in [9.17, 15) is 4.79 Å². The van der Waals surface area contributed by atoms with Gasteiger partial charge in [-0.05, 0) is 74.2 Å². The molecule has 1 aliphatic heterocycles. The number of amides is 1. The van der Waals surface area contributed by atoms with Crippen LogP contribution in [0.25, 0.3) is 0 Å². The predicted molar refractivity (Wildman–Crippen MR) is 151 cm³/mol. The van der Waals surface area contributed by atoms with Crippen LogP contribution in [0.2, 0.25) is 5.02 Å². The lowest BCUT2D eigenvalue weighted by Gasteiger charge is -2.29. The molecule has 0 radical (unpaired) electrons. The van der Waals surface area contributed by atoms with Gasteiger partial charge in [0, 0.05) is 35.5 Å². The SMILES string of the molecule is COc1cc(CNc2ccc(N3CCCCC3)c(Cl)c2)c(Br)cc1OCC(=O)Nc1ccc(C)cc1. The van der Waals surface area contributed by atoms with Crippen LogP contribution in [0.1, 0.15) is 30.4 Å². The second kappa shape index (κ2) is 12.4. The van der Waals surface area contributed by atoms with Gasteiger partial charge in [0.15, 0.2) is 18.1 Å². The highest BCUT2D eigenvalue weighted by atomic mass is 79.9. The van der Waals surface area contributed by atoms with Gasteiger partial charge in [-0.1, -0.05) is 45.2 Å². The molecule has 0 atom stereocenters. The number of nitrogens with zero attached hydrogens (tertiary/aromatic N) is 1. The van der Waals surface area contributed by atoms with Gasteiger partial charge in [-0.15, -0.1) is 0 Å². The molecule has 3 aromatic rings. The fourth-order valence-corrected chi connectivity index (χ4v) is 4.93. The van der Waals surface area contributed by atoms with Crippen LogP contribution in [0.15, 0.2) is 59.1 Å². The van der Waals surface area contributed by atoms with E-state index in [2.05, 4.69) is 43.6 Å². The van der Waals surface area contributed by atoms with Crippen molar-refractivity contribution in [2.45, 2.75) is 32.7 Å². The molecule has 1 saturated heterocycles. The van der Waals surface area contributed by atoms with Crippen molar-refractivity contribution < 1.29 is 14.3 Å². The van der Waals surface area contributed by atoms with Gasteiger partial charge in [-0.3, -0.25) is 4.79 Å². The van der Waals surface area contributed by atoms with Crippen molar-refractivity contribution in [3.63, 3.8) is 0 Å². The Balaban J connectivity index is 1.36. The second-order valence-corrected chi connectivity index (χ2v) is 10.1. The molecule has 36 heavy (non-hydrogen) atoms. The summed E-state index contributed by atoms with van der Waals surface area (Å²) in [5, 5.41) is 7.02. The monoisotopic (exact) mass is 571 g/mol. The van der Waals surface area contributed by atoms with E-state index in [0.717, 1.165) is 50.8 Å². The van der Waals surface area contributed by atoms with E-state index in [4.69, 9.17) is 21.1 Å². The zero-order valence-corrected chi connectivity index (χ0v) is 22.9. The molecule has 1 fully saturated rings. The summed E-state index contributed by atoms with van der Waals surface area (Å²) in [6, 6.07) is 17.5. The van der Waals surface area contributed by atoms with Crippen molar-refractivity contribution in [3.05, 3.63) is 75.2 Å². The van der Waals surface area contributed by atoms with Crippen LogP contribution in [-0.2, 0) is 11.3 Å². The number of rotatable bonds is 9. The van der Waals surface area contributed by atoms with Gasteiger partial charge in [0.2, 0.25) is 0 Å². The molecule has 6 nitrogen and oxygen atoms in total. The number of methoxy groups -OCH3 is 1. The van der Waals surface area contributed by atoms with E-state index in [1.807, 2.05) is 49.4 Å². The van der Waals surface area contributed by atoms with Gasteiger partial charge in [0.1, 0.15) is 0 Å². The fourth-order valence-electron chi connectivity index (χ4n) is 4.17. The van der Waals surface area contributed by atoms with Crippen molar-refractivity contribution in [2.75, 3.05) is 42.3 Å². The smallest absolute Gasteiger partial charge is 0.262 e. The van der Waals surface area contributed by atoms with Crippen LogP contribution in [0, 0.1) is 6.92 Å². The molecule has 190 valence electrons. The van der Waals surface area contributed by atoms with Crippen LogP contribution < -0.4 is 25.0 Å². The second-order valence-electron chi connectivity index (χ2n) is 8.86. The summed E-state index contributed by atoms with van der Waals surface area (Å²) < 4.78 is 12.1. The van der Waals surface area contributed by atoms with Crippen LogP contribution in [0.5, 0.6) is 11.5 Å². The molecule has 0 unspecified atom stereocenters. The van der Waals surface area contributed by atoms with Crippen molar-refractivity contribution in [1.29, 1.82) is 0 Å². The van der Waals surface area contributed by atoms with E-state index in [1.165, 1.54) is 19.3 Å². The number of ether oxygens (including phenoxy) is 2. The van der Waals surface area contributed by atoms with Crippen LogP contribution >= 0.6 is 27.5 Å². The average molecular weight is 573 g/mol. The maximum absolute atomic E-state index is 12.3. The number of anilines is 3. The molecular formula is C28H31BrClN3O3. The average Bonchev–Trinajstić information content (AvgIpc) is 2.88. The maximum atomic E-state index is 12.3. The summed E-state index contributed by atoms with van der Waals surface area (Å²) in [7, 11) is 1.58. The molecule has 8 heteroatoms. The highest BCUT2D eigenvalue weighted by molar-refractivity contribution is 9.10. The van der Waals surface area contributed by atoms with Gasteiger partial charge in [0.05, 0.1) is 17.8 Å². The first-order chi connectivity index (χ1) is 17.4. The zero-order valence-electron chi connectivity index (χ0n) is 20.6. The van der Waals surface area contributed by atoms with Gasteiger partial charge in [-0.25, -0.2) is 0 Å². The number of nitrogens with one attached hydrogen (secondary N) is 2. The van der Waals surface area contributed by atoms with Crippen molar-refractivity contribution in [1.82, 2.24) is 0 Å². The summed E-state index contributed by atoms with van der Waals surface area (Å²) in [5.74, 6) is 0.797. The number of carbonyl (C=O) groups excluding carboxylic acids is 1. The van der Waals surface area contributed by atoms with Gasteiger partial charge in [-0.2, -0.15) is 0 Å². The van der Waals surface area contributed by atoms with E-state index < -0.39 is 0 Å². The number of piperidine rings is 1. The van der Waals surface area contributed by atoms with Gasteiger partial charge < -0.3 is 25.0 Å². The zero-order chi connectivity index (χ0) is 25.5. The highest BCUT2D eigenvalue weighted by Gasteiger charge is 2.15. The Kier molecular flexibility index (Phi) is 8.99. The largest absolute Gasteiger partial charge is 0.493 e. The first kappa shape index (κ1) is 26.2. The first-order valence-electron chi connectivity index (χ1n) is 12.1. The summed E-state index contributed by atoms with van der Waals surface area (Å²) in [6.07, 6.45) is 3.71. The molecule has 4 rings (SSSR count). The Bertz CT molecular complexity index is 1200. The van der Waals surface area contributed by atoms with E-state index in [0.29, 0.717) is 18.0 Å². The molecule has 0 aliphatic carbocycles. The maximum Gasteiger partial charge on any atom is 0.262 e. The summed E-state index contributed by atoms with van der Waals surface area (Å²) in [5.41, 5.74) is 4.88. The van der Waals surface area contributed by atoms with Gasteiger partial charge in [0.25, 0.3) is 5.91 Å². The number of hydrogen-bond donors (Lipinski definition) is 2. The number of aryl methyl sites for hydroxylation is 1. The Morgan fingerprint density at radius 1 is 1.00 bits per heavy atom. The normalized spacial score (nSPS) is 13.3. The minimum Gasteiger partial charge on any atom is -0.493 e. The minimum atomic E-state index is -0.243. The summed E-state index contributed by atoms with van der Waals surface area (Å²) in [6.45, 7) is 4.54. The third-order valence-electron chi connectivity index (χ3n) is 6.15. The van der Waals surface area contributed by atoms with E-state index in [1.54, 1.807) is 7.11 Å². The number of benzene rings is 3. The Morgan fingerprint density at radius 2 is 1.72 bits per heavy atom. The molecule has 1 aliphatic rings. The molecule has 0 bridgehead atoms. The summed E-state index contributed by atoms with van der Waals surface area (Å²) in [4.78, 5) is 14.7. The van der Waals surface area contributed by atoms with Crippen LogP contribution in [0.4, 0.5) is 17.1 Å². The number of hydrogen-bond acceptors (Lipinski definition) is 5. The van der Waals surface area contributed by atoms with Crippen molar-refractivity contribution in [3.8, 4) is 11.5 Å². The van der Waals surface area contributed by atoms with Crippen LogP contribution in [-0.4, -0.2) is 32.7 Å². The molecule has 0 saturated carbocycles. The van der Waals surface area contributed by atoms with E-state index in [-0.39, 0.29) is 12.5 Å². The lowest BCUT2D eigenvalue weighted by molar-refractivity contribution is -0.118. The van der Waals surface area contributed by atoms with Crippen molar-refractivity contribution in [2.24, 2.45) is 0 Å². The first-order valence-corrected chi connectivity index (χ1v) is 13.2. The van der Waals surface area contributed by atoms with Crippen molar-refractivity contribution >= 4 is 50.5 Å². The Labute approximate surface area is 226 Å². The van der Waals surface area contributed by atoms with Gasteiger partial charge >= 0.3 is 0 Å². The fraction of sp³-hybridized carbons (Fsp3) is 0.321.